The highest BCUT2D eigenvalue weighted by molar-refractivity contribution is 5.60. The lowest BCUT2D eigenvalue weighted by Gasteiger charge is -2.36. The van der Waals surface area contributed by atoms with Crippen molar-refractivity contribution in [1.82, 2.24) is 4.90 Å². The van der Waals surface area contributed by atoms with Crippen molar-refractivity contribution in [3.05, 3.63) is 29.6 Å². The minimum absolute atomic E-state index is 0.147. The number of halogens is 1. The lowest BCUT2D eigenvalue weighted by molar-refractivity contribution is 0.242. The molecule has 2 rings (SSSR count). The third kappa shape index (κ3) is 4.16. The Bertz CT molecular complexity index is 493. The second kappa shape index (κ2) is 7.96. The first-order chi connectivity index (χ1) is 10.3. The van der Waals surface area contributed by atoms with Crippen LogP contribution in [0.4, 0.5) is 10.1 Å². The number of hydrogen-bond donors (Lipinski definition) is 1. The van der Waals surface area contributed by atoms with Crippen molar-refractivity contribution in [3.63, 3.8) is 0 Å². The normalized spacial score (nSPS) is 16.0. The molecule has 1 aromatic rings. The number of piperazine rings is 1. The van der Waals surface area contributed by atoms with E-state index in [1.54, 1.807) is 6.07 Å². The largest absolute Gasteiger partial charge is 0.396 e. The van der Waals surface area contributed by atoms with Crippen LogP contribution in [0.3, 0.4) is 0 Å². The molecule has 114 valence electrons. The Morgan fingerprint density at radius 1 is 1.14 bits per heavy atom. The van der Waals surface area contributed by atoms with Gasteiger partial charge in [0.25, 0.3) is 0 Å². The molecule has 0 aromatic heterocycles. The predicted octanol–water partition coefficient (Wildman–Crippen LogP) is 1.98. The van der Waals surface area contributed by atoms with Gasteiger partial charge in [-0.15, -0.1) is 0 Å². The maximum absolute atomic E-state index is 13.6. The van der Waals surface area contributed by atoms with Crippen LogP contribution in [-0.4, -0.2) is 49.3 Å². The van der Waals surface area contributed by atoms with Crippen LogP contribution in [-0.2, 0) is 0 Å². The molecule has 0 aliphatic carbocycles. The van der Waals surface area contributed by atoms with Crippen molar-refractivity contribution in [1.29, 1.82) is 5.26 Å². The summed E-state index contributed by atoms with van der Waals surface area (Å²) in [5.74, 6) is -0.443. The van der Waals surface area contributed by atoms with Gasteiger partial charge in [-0.3, -0.25) is 4.90 Å². The first-order valence-corrected chi connectivity index (χ1v) is 7.53. The van der Waals surface area contributed by atoms with Gasteiger partial charge in [0.1, 0.15) is 17.4 Å². The summed E-state index contributed by atoms with van der Waals surface area (Å²) >= 11 is 0. The highest BCUT2D eigenvalue weighted by Crippen LogP contribution is 2.23. The highest BCUT2D eigenvalue weighted by atomic mass is 19.1. The van der Waals surface area contributed by atoms with Gasteiger partial charge in [-0.05, 0) is 37.9 Å². The van der Waals surface area contributed by atoms with E-state index in [-0.39, 0.29) is 12.2 Å². The molecule has 0 spiro atoms. The van der Waals surface area contributed by atoms with Gasteiger partial charge in [0, 0.05) is 32.8 Å². The molecule has 1 aromatic carbocycles. The summed E-state index contributed by atoms with van der Waals surface area (Å²) in [6.07, 6.45) is 3.03. The smallest absolute Gasteiger partial charge is 0.143 e. The molecule has 1 heterocycles. The van der Waals surface area contributed by atoms with Gasteiger partial charge in [0.05, 0.1) is 5.69 Å². The molecule has 1 N–H and O–H groups in total. The molecule has 0 radical (unpaired) electrons. The summed E-state index contributed by atoms with van der Waals surface area (Å²) in [6.45, 7) is 4.81. The zero-order valence-electron chi connectivity index (χ0n) is 12.3. The van der Waals surface area contributed by atoms with Crippen LogP contribution in [0.2, 0.25) is 0 Å². The third-order valence-corrected chi connectivity index (χ3v) is 3.95. The molecule has 0 amide bonds. The number of hydrogen-bond acceptors (Lipinski definition) is 4. The molecule has 0 bridgehead atoms. The van der Waals surface area contributed by atoms with Crippen LogP contribution in [0, 0.1) is 17.1 Å². The number of aliphatic hydroxyl groups excluding tert-OH is 1. The molecule has 0 unspecified atom stereocenters. The average molecular weight is 291 g/mol. The van der Waals surface area contributed by atoms with Crippen LogP contribution in [0.25, 0.3) is 0 Å². The second-order valence-electron chi connectivity index (χ2n) is 5.36. The number of aliphatic hydroxyl groups is 1. The van der Waals surface area contributed by atoms with E-state index in [2.05, 4.69) is 9.80 Å². The topological polar surface area (TPSA) is 50.5 Å². The Morgan fingerprint density at radius 3 is 2.57 bits per heavy atom. The van der Waals surface area contributed by atoms with Gasteiger partial charge >= 0.3 is 0 Å². The summed E-state index contributed by atoms with van der Waals surface area (Å²) in [5, 5.41) is 17.9. The predicted molar refractivity (Wildman–Crippen MR) is 80.7 cm³/mol. The first-order valence-electron chi connectivity index (χ1n) is 7.53. The van der Waals surface area contributed by atoms with Crippen LogP contribution in [0.1, 0.15) is 24.8 Å². The summed E-state index contributed by atoms with van der Waals surface area (Å²) in [5.41, 5.74) is 0.853. The number of rotatable bonds is 6. The third-order valence-electron chi connectivity index (χ3n) is 3.95. The molecular formula is C16H22FN3O. The molecule has 1 fully saturated rings. The van der Waals surface area contributed by atoms with E-state index < -0.39 is 5.82 Å². The molecule has 1 saturated heterocycles. The zero-order valence-corrected chi connectivity index (χ0v) is 12.3. The number of benzene rings is 1. The average Bonchev–Trinajstić information content (AvgIpc) is 2.52. The van der Waals surface area contributed by atoms with E-state index in [4.69, 9.17) is 10.4 Å². The Labute approximate surface area is 125 Å². The van der Waals surface area contributed by atoms with E-state index in [1.165, 1.54) is 6.07 Å². The first kappa shape index (κ1) is 15.7. The molecular weight excluding hydrogens is 269 g/mol. The summed E-state index contributed by atoms with van der Waals surface area (Å²) in [6, 6.07) is 6.78. The fraction of sp³-hybridized carbons (Fsp3) is 0.562. The minimum Gasteiger partial charge on any atom is -0.396 e. The van der Waals surface area contributed by atoms with Gasteiger partial charge in [-0.1, -0.05) is 6.07 Å². The maximum Gasteiger partial charge on any atom is 0.143 e. The monoisotopic (exact) mass is 291 g/mol. The fourth-order valence-electron chi connectivity index (χ4n) is 2.72. The van der Waals surface area contributed by atoms with Crippen molar-refractivity contribution in [2.75, 3.05) is 44.2 Å². The van der Waals surface area contributed by atoms with Crippen LogP contribution >= 0.6 is 0 Å². The van der Waals surface area contributed by atoms with Gasteiger partial charge < -0.3 is 10.0 Å². The molecule has 0 saturated carbocycles. The Balaban J connectivity index is 1.87. The van der Waals surface area contributed by atoms with Crippen LogP contribution < -0.4 is 4.90 Å². The van der Waals surface area contributed by atoms with Gasteiger partial charge in [0.15, 0.2) is 0 Å². The molecule has 4 nitrogen and oxygen atoms in total. The molecule has 5 heteroatoms. The molecule has 1 aliphatic heterocycles. The van der Waals surface area contributed by atoms with Crippen molar-refractivity contribution in [2.45, 2.75) is 19.3 Å². The zero-order chi connectivity index (χ0) is 15.1. The lowest BCUT2D eigenvalue weighted by Crippen LogP contribution is -2.46. The Kier molecular flexibility index (Phi) is 5.97. The number of anilines is 1. The Hall–Kier alpha value is -1.64. The van der Waals surface area contributed by atoms with E-state index in [0.717, 1.165) is 52.0 Å². The fourth-order valence-corrected chi connectivity index (χ4v) is 2.72. The van der Waals surface area contributed by atoms with Gasteiger partial charge in [-0.2, -0.15) is 5.26 Å². The summed E-state index contributed by atoms with van der Waals surface area (Å²) in [4.78, 5) is 4.48. The lowest BCUT2D eigenvalue weighted by atomic mass is 10.1. The molecule has 21 heavy (non-hydrogen) atoms. The van der Waals surface area contributed by atoms with E-state index in [1.807, 2.05) is 12.1 Å². The van der Waals surface area contributed by atoms with E-state index in [9.17, 15) is 4.39 Å². The van der Waals surface area contributed by atoms with Crippen molar-refractivity contribution in [2.24, 2.45) is 0 Å². The molecule has 0 atom stereocenters. The van der Waals surface area contributed by atoms with Crippen molar-refractivity contribution < 1.29 is 9.50 Å². The maximum atomic E-state index is 13.6. The van der Waals surface area contributed by atoms with Crippen LogP contribution in [0.5, 0.6) is 0 Å². The standard InChI is InChI=1S/C16H22FN3O/c17-15-5-4-6-16(14(15)13-18)20-10-8-19(9-11-20)7-2-1-3-12-21/h4-6,21H,1-3,7-12H2. The van der Waals surface area contributed by atoms with E-state index >= 15 is 0 Å². The SMILES string of the molecule is N#Cc1c(F)cccc1N1CCN(CCCCCO)CC1. The number of unbranched alkanes of at least 4 members (excludes halogenated alkanes) is 2. The van der Waals surface area contributed by atoms with Crippen molar-refractivity contribution in [3.8, 4) is 6.07 Å². The summed E-state index contributed by atoms with van der Waals surface area (Å²) < 4.78 is 13.6. The quantitative estimate of drug-likeness (QED) is 0.814. The van der Waals surface area contributed by atoms with Gasteiger partial charge in [-0.25, -0.2) is 4.39 Å². The van der Waals surface area contributed by atoms with Crippen molar-refractivity contribution >= 4 is 5.69 Å². The number of nitrogens with zero attached hydrogens (tertiary/aromatic N) is 3. The Morgan fingerprint density at radius 2 is 1.90 bits per heavy atom. The van der Waals surface area contributed by atoms with Crippen LogP contribution in [0.15, 0.2) is 18.2 Å². The minimum atomic E-state index is -0.443. The molecule has 1 aliphatic rings. The van der Waals surface area contributed by atoms with Gasteiger partial charge in [0.2, 0.25) is 0 Å². The summed E-state index contributed by atoms with van der Waals surface area (Å²) in [7, 11) is 0. The highest BCUT2D eigenvalue weighted by Gasteiger charge is 2.20. The van der Waals surface area contributed by atoms with E-state index in [0.29, 0.717) is 5.69 Å². The second-order valence-corrected chi connectivity index (χ2v) is 5.36. The number of nitriles is 1.